The fourth-order valence-corrected chi connectivity index (χ4v) is 2.97. The third kappa shape index (κ3) is 3.47. The first-order valence-electron chi connectivity index (χ1n) is 7.54. The van der Waals surface area contributed by atoms with Crippen molar-refractivity contribution in [2.45, 2.75) is 6.92 Å². The number of aryl methyl sites for hydroxylation is 1. The molecule has 1 aromatic carbocycles. The van der Waals surface area contributed by atoms with Crippen LogP contribution in [0.25, 0.3) is 0 Å². The van der Waals surface area contributed by atoms with Gasteiger partial charge in [-0.1, -0.05) is 15.9 Å². The number of carbonyl (C=O) groups is 1. The van der Waals surface area contributed by atoms with Gasteiger partial charge in [-0.2, -0.15) is 0 Å². The molecule has 0 spiro atoms. The van der Waals surface area contributed by atoms with Gasteiger partial charge in [-0.05, 0) is 36.8 Å². The summed E-state index contributed by atoms with van der Waals surface area (Å²) in [4.78, 5) is 30.2. The van der Waals surface area contributed by atoms with Crippen LogP contribution < -0.4 is 10.5 Å². The van der Waals surface area contributed by atoms with Crippen LogP contribution in [0.15, 0.2) is 45.8 Å². The summed E-state index contributed by atoms with van der Waals surface area (Å²) in [6.45, 7) is 5.02. The van der Waals surface area contributed by atoms with E-state index in [9.17, 15) is 9.59 Å². The van der Waals surface area contributed by atoms with Crippen molar-refractivity contribution in [1.82, 2.24) is 9.88 Å². The van der Waals surface area contributed by atoms with Crippen molar-refractivity contribution in [3.63, 3.8) is 0 Å². The summed E-state index contributed by atoms with van der Waals surface area (Å²) >= 11 is 3.52. The number of carbonyl (C=O) groups excluding carboxylic acids is 1. The van der Waals surface area contributed by atoms with E-state index in [0.29, 0.717) is 18.7 Å². The average molecular weight is 376 g/mol. The lowest BCUT2D eigenvalue weighted by Crippen LogP contribution is -2.48. The Morgan fingerprint density at radius 2 is 1.87 bits per heavy atom. The van der Waals surface area contributed by atoms with Crippen LogP contribution in [-0.2, 0) is 0 Å². The molecule has 6 heteroatoms. The summed E-state index contributed by atoms with van der Waals surface area (Å²) in [5.74, 6) is -0.0344. The van der Waals surface area contributed by atoms with Gasteiger partial charge in [0.05, 0.1) is 5.56 Å². The van der Waals surface area contributed by atoms with E-state index < -0.39 is 0 Å². The molecular formula is C17H18BrN3O2. The smallest absolute Gasteiger partial charge is 0.255 e. The topological polar surface area (TPSA) is 56.4 Å². The number of hydrogen-bond donors (Lipinski definition) is 1. The maximum atomic E-state index is 12.4. The molecule has 0 unspecified atom stereocenters. The third-order valence-corrected chi connectivity index (χ3v) is 4.99. The molecule has 5 nitrogen and oxygen atoms in total. The maximum absolute atomic E-state index is 12.4. The van der Waals surface area contributed by atoms with Gasteiger partial charge in [0.25, 0.3) is 5.91 Å². The predicted octanol–water partition coefficient (Wildman–Crippen LogP) is 2.41. The first-order valence-corrected chi connectivity index (χ1v) is 8.33. The highest BCUT2D eigenvalue weighted by Crippen LogP contribution is 2.24. The minimum atomic E-state index is -0.197. The SMILES string of the molecule is Cc1cc(N2CCN(C(=O)c3ccc(=O)[nH]c3)CC2)ccc1Br. The highest BCUT2D eigenvalue weighted by atomic mass is 79.9. The molecule has 1 N–H and O–H groups in total. The first kappa shape index (κ1) is 15.8. The molecule has 23 heavy (non-hydrogen) atoms. The van der Waals surface area contributed by atoms with Crippen molar-refractivity contribution in [2.24, 2.45) is 0 Å². The van der Waals surface area contributed by atoms with E-state index in [0.717, 1.165) is 17.6 Å². The highest BCUT2D eigenvalue weighted by Gasteiger charge is 2.22. The lowest BCUT2D eigenvalue weighted by molar-refractivity contribution is 0.0746. The van der Waals surface area contributed by atoms with Gasteiger partial charge in [-0.25, -0.2) is 0 Å². The molecule has 1 aliphatic heterocycles. The van der Waals surface area contributed by atoms with E-state index in [1.54, 1.807) is 6.07 Å². The fraction of sp³-hybridized carbons (Fsp3) is 0.294. The van der Waals surface area contributed by atoms with Crippen molar-refractivity contribution in [3.05, 3.63) is 62.5 Å². The molecule has 2 heterocycles. The van der Waals surface area contributed by atoms with Gasteiger partial charge in [0.2, 0.25) is 5.56 Å². The van der Waals surface area contributed by atoms with E-state index in [1.807, 2.05) is 4.90 Å². The summed E-state index contributed by atoms with van der Waals surface area (Å²) < 4.78 is 1.10. The average Bonchev–Trinajstić information content (AvgIpc) is 2.57. The summed E-state index contributed by atoms with van der Waals surface area (Å²) in [5.41, 5.74) is 2.71. The molecule has 0 bridgehead atoms. The van der Waals surface area contributed by atoms with Crippen LogP contribution in [0.4, 0.5) is 5.69 Å². The molecule has 120 valence electrons. The number of H-pyrrole nitrogens is 1. The Hall–Kier alpha value is -2.08. The monoisotopic (exact) mass is 375 g/mol. The molecule has 0 saturated carbocycles. The van der Waals surface area contributed by atoms with Crippen LogP contribution in [0, 0.1) is 6.92 Å². The van der Waals surface area contributed by atoms with Crippen molar-refractivity contribution in [1.29, 1.82) is 0 Å². The van der Waals surface area contributed by atoms with Gasteiger partial charge in [-0.3, -0.25) is 9.59 Å². The number of rotatable bonds is 2. The van der Waals surface area contributed by atoms with Crippen LogP contribution >= 0.6 is 15.9 Å². The van der Waals surface area contributed by atoms with Crippen LogP contribution in [0.3, 0.4) is 0 Å². The molecule has 0 atom stereocenters. The normalized spacial score (nSPS) is 14.9. The molecule has 1 aliphatic rings. The second-order valence-corrected chi connectivity index (χ2v) is 6.51. The van der Waals surface area contributed by atoms with Gasteiger partial charge in [0.15, 0.2) is 0 Å². The Kier molecular flexibility index (Phi) is 4.52. The van der Waals surface area contributed by atoms with Gasteiger partial charge >= 0.3 is 0 Å². The van der Waals surface area contributed by atoms with Crippen LogP contribution in [0.5, 0.6) is 0 Å². The van der Waals surface area contributed by atoms with E-state index in [2.05, 4.69) is 50.9 Å². The number of benzene rings is 1. The maximum Gasteiger partial charge on any atom is 0.255 e. The Bertz CT molecular complexity index is 759. The Labute approximate surface area is 143 Å². The number of hydrogen-bond acceptors (Lipinski definition) is 3. The van der Waals surface area contributed by atoms with Crippen molar-refractivity contribution >= 4 is 27.5 Å². The molecule has 0 aliphatic carbocycles. The fourth-order valence-electron chi connectivity index (χ4n) is 2.72. The predicted molar refractivity (Wildman–Crippen MR) is 94.1 cm³/mol. The number of amides is 1. The van der Waals surface area contributed by atoms with Crippen molar-refractivity contribution < 1.29 is 4.79 Å². The zero-order chi connectivity index (χ0) is 16.4. The molecule has 1 fully saturated rings. The lowest BCUT2D eigenvalue weighted by atomic mass is 10.1. The van der Waals surface area contributed by atoms with E-state index in [-0.39, 0.29) is 11.5 Å². The van der Waals surface area contributed by atoms with E-state index in [1.165, 1.54) is 23.5 Å². The van der Waals surface area contributed by atoms with Gasteiger partial charge < -0.3 is 14.8 Å². The molecule has 1 saturated heterocycles. The minimum Gasteiger partial charge on any atom is -0.368 e. The third-order valence-electron chi connectivity index (χ3n) is 4.10. The number of piperazine rings is 1. The molecule has 3 rings (SSSR count). The molecule has 0 radical (unpaired) electrons. The molecule has 2 aromatic rings. The van der Waals surface area contributed by atoms with Gasteiger partial charge in [0, 0.05) is 48.6 Å². The van der Waals surface area contributed by atoms with Crippen molar-refractivity contribution in [2.75, 3.05) is 31.1 Å². The molecular weight excluding hydrogens is 358 g/mol. The number of halogens is 1. The van der Waals surface area contributed by atoms with E-state index in [4.69, 9.17) is 0 Å². The number of nitrogens with one attached hydrogen (secondary N) is 1. The molecule has 1 aromatic heterocycles. The zero-order valence-electron chi connectivity index (χ0n) is 12.9. The lowest BCUT2D eigenvalue weighted by Gasteiger charge is -2.36. The number of pyridine rings is 1. The number of aromatic nitrogens is 1. The van der Waals surface area contributed by atoms with Gasteiger partial charge in [0.1, 0.15) is 0 Å². The summed E-state index contributed by atoms with van der Waals surface area (Å²) in [6.07, 6.45) is 1.48. The standard InChI is InChI=1S/C17H18BrN3O2/c1-12-10-14(3-4-15(12)18)20-6-8-21(9-7-20)17(23)13-2-5-16(22)19-11-13/h2-5,10-11H,6-9H2,1H3,(H,19,22). The van der Waals surface area contributed by atoms with Crippen molar-refractivity contribution in [3.8, 4) is 0 Å². The van der Waals surface area contributed by atoms with E-state index >= 15 is 0 Å². The summed E-state index contributed by atoms with van der Waals surface area (Å²) in [7, 11) is 0. The Balaban J connectivity index is 1.66. The second kappa shape index (κ2) is 6.58. The molecule has 1 amide bonds. The quantitative estimate of drug-likeness (QED) is 0.876. The van der Waals surface area contributed by atoms with Crippen LogP contribution in [-0.4, -0.2) is 42.0 Å². The second-order valence-electron chi connectivity index (χ2n) is 5.65. The largest absolute Gasteiger partial charge is 0.368 e. The summed E-state index contributed by atoms with van der Waals surface area (Å²) in [5, 5.41) is 0. The highest BCUT2D eigenvalue weighted by molar-refractivity contribution is 9.10. The summed E-state index contributed by atoms with van der Waals surface area (Å²) in [6, 6.07) is 9.27. The first-order chi connectivity index (χ1) is 11.0. The number of nitrogens with zero attached hydrogens (tertiary/aromatic N) is 2. The number of anilines is 1. The van der Waals surface area contributed by atoms with Gasteiger partial charge in [-0.15, -0.1) is 0 Å². The van der Waals surface area contributed by atoms with Crippen LogP contribution in [0.1, 0.15) is 15.9 Å². The van der Waals surface area contributed by atoms with Crippen LogP contribution in [0.2, 0.25) is 0 Å². The Morgan fingerprint density at radius 3 is 2.48 bits per heavy atom. The number of aromatic amines is 1. The minimum absolute atomic E-state index is 0.0344. The Morgan fingerprint density at radius 1 is 1.13 bits per heavy atom. The zero-order valence-corrected chi connectivity index (χ0v) is 14.5.